The fourth-order valence-electron chi connectivity index (χ4n) is 6.27. The summed E-state index contributed by atoms with van der Waals surface area (Å²) in [5.74, 6) is -1.59. The first-order chi connectivity index (χ1) is 31.8. The quantitative estimate of drug-likeness (QED) is 0.00855. The van der Waals surface area contributed by atoms with Gasteiger partial charge in [-0.2, -0.15) is 0 Å². The molecule has 3 unspecified atom stereocenters. The lowest BCUT2D eigenvalue weighted by Gasteiger charge is -2.41. The van der Waals surface area contributed by atoms with Crippen molar-refractivity contribution >= 4 is 25.5 Å². The Morgan fingerprint density at radius 2 is 1.02 bits per heavy atom. The fourth-order valence-corrected chi connectivity index (χ4v) is 7.24. The van der Waals surface area contributed by atoms with Crippen LogP contribution in [0, 0.1) is 0 Å². The molecule has 1 fully saturated rings. The van der Waals surface area contributed by atoms with Crippen LogP contribution in [0.1, 0.15) is 136 Å². The summed E-state index contributed by atoms with van der Waals surface area (Å²) in [6, 6.07) is 0. The Morgan fingerprint density at radius 1 is 0.530 bits per heavy atom. The number of aliphatic hydroxyl groups excluding tert-OH is 5. The number of ether oxygens (including phenoxy) is 2. The molecule has 1 saturated carbocycles. The Kier molecular flexibility index (Phi) is 35.8. The topological polar surface area (TPSA) is 227 Å². The van der Waals surface area contributed by atoms with Gasteiger partial charge in [-0.3, -0.25) is 23.4 Å². The van der Waals surface area contributed by atoms with Crippen LogP contribution < -0.4 is 0 Å². The van der Waals surface area contributed by atoms with Crippen LogP contribution in [-0.4, -0.2) is 104 Å². The number of hydrogen-bond donors (Lipinski definition) is 6. The molecule has 1 rings (SSSR count). The van der Waals surface area contributed by atoms with Gasteiger partial charge in [0, 0.05) is 19.3 Å². The average Bonchev–Trinajstić information content (AvgIpc) is 3.29. The number of phosphoric acid groups is 1. The van der Waals surface area contributed by atoms with Crippen LogP contribution in [0.25, 0.3) is 0 Å². The number of carbonyl (C=O) groups is 3. The molecular weight excluding hydrogens is 868 g/mol. The van der Waals surface area contributed by atoms with Crippen LogP contribution in [0.2, 0.25) is 0 Å². The molecule has 1 aliphatic carbocycles. The summed E-state index contributed by atoms with van der Waals surface area (Å²) in [6.07, 6.45) is 37.0. The molecule has 66 heavy (non-hydrogen) atoms. The van der Waals surface area contributed by atoms with Gasteiger partial charge in [-0.1, -0.05) is 136 Å². The summed E-state index contributed by atoms with van der Waals surface area (Å²) in [7, 11) is -5.19. The van der Waals surface area contributed by atoms with E-state index in [4.69, 9.17) is 18.5 Å². The highest BCUT2D eigenvalue weighted by atomic mass is 31.2. The van der Waals surface area contributed by atoms with Crippen LogP contribution in [0.4, 0.5) is 0 Å². The molecule has 0 heterocycles. The standard InChI is InChI=1S/C51H79O14P/c1-3-5-7-9-11-13-15-17-18-19-20-21-22-24-26-28-30-32-34-38-45(54)64-43(41-63-66(60,61)65-51-49(58)47(56)46(55)48(57)50(51)59)40-62-44(53)39-35-37-42(52)36-33-31-29-27-25-23-16-14-12-10-8-6-4-2/h5,7,11-14,17-18,20-21,23-26,29,31,33,36,43,46-51,55-59H,3-4,6,8-10,15-16,19,22,27-28,30,32,34-35,37-41H2,1-2H3,(H,60,61)/b7-5-,13-11-,14-12-,18-17-,21-20-,25-23-,26-24-,31-29-,36-33+/t43-,46?,47-,48+,49-,50-,51?/m1/s1. The monoisotopic (exact) mass is 947 g/mol. The SMILES string of the molecule is CC/C=C\C/C=C\C/C=C\C/C=C\C/C=C\CCCCCC(=O)O[C@H](COC(=O)CCCC(=O)/C=C/C=C\C/C=C\C/C=C\CCCCC)COP(=O)(O)OC1[C@H](O)[C@H](O)C(O)[C@H](O)[C@H]1O. The van der Waals surface area contributed by atoms with Gasteiger partial charge < -0.3 is 39.9 Å². The molecule has 14 nitrogen and oxygen atoms in total. The third-order valence-corrected chi connectivity index (χ3v) is 11.1. The predicted molar refractivity (Wildman–Crippen MR) is 258 cm³/mol. The molecule has 1 aliphatic rings. The van der Waals surface area contributed by atoms with Crippen LogP contribution in [-0.2, 0) is 37.5 Å². The molecule has 0 bridgehead atoms. The number of carbonyl (C=O) groups excluding carboxylic acids is 3. The fraction of sp³-hybridized carbons (Fsp3) is 0.588. The predicted octanol–water partition coefficient (Wildman–Crippen LogP) is 8.79. The van der Waals surface area contributed by atoms with E-state index in [0.29, 0.717) is 6.42 Å². The van der Waals surface area contributed by atoms with Gasteiger partial charge in [0.25, 0.3) is 0 Å². The highest BCUT2D eigenvalue weighted by molar-refractivity contribution is 7.47. The van der Waals surface area contributed by atoms with E-state index < -0.39 is 75.7 Å². The van der Waals surface area contributed by atoms with Crippen LogP contribution in [0.15, 0.2) is 109 Å². The van der Waals surface area contributed by atoms with E-state index in [9.17, 15) is 49.4 Å². The summed E-state index contributed by atoms with van der Waals surface area (Å²) in [6.45, 7) is 2.90. The Balaban J connectivity index is 2.58. The highest BCUT2D eigenvalue weighted by Gasteiger charge is 2.51. The van der Waals surface area contributed by atoms with Gasteiger partial charge in [0.15, 0.2) is 11.9 Å². The first kappa shape index (κ1) is 60.2. The zero-order chi connectivity index (χ0) is 48.7. The third kappa shape index (κ3) is 31.2. The zero-order valence-corrected chi connectivity index (χ0v) is 40.1. The molecule has 0 aliphatic heterocycles. The van der Waals surface area contributed by atoms with Crippen LogP contribution in [0.5, 0.6) is 0 Å². The molecule has 0 spiro atoms. The molecule has 0 aromatic rings. The van der Waals surface area contributed by atoms with Crippen molar-refractivity contribution in [3.05, 3.63) is 109 Å². The van der Waals surface area contributed by atoms with Gasteiger partial charge in [-0.05, 0) is 89.5 Å². The van der Waals surface area contributed by atoms with E-state index in [-0.39, 0.29) is 31.5 Å². The molecule has 0 aromatic heterocycles. The lowest BCUT2D eigenvalue weighted by Crippen LogP contribution is -2.64. The molecule has 15 heteroatoms. The van der Waals surface area contributed by atoms with E-state index >= 15 is 0 Å². The number of unbranched alkanes of at least 4 members (excludes halogenated alkanes) is 6. The third-order valence-electron chi connectivity index (χ3n) is 10.1. The maximum atomic E-state index is 12.8. The van der Waals surface area contributed by atoms with Gasteiger partial charge in [-0.15, -0.1) is 0 Å². The number of aliphatic hydroxyl groups is 5. The summed E-state index contributed by atoms with van der Waals surface area (Å²) in [4.78, 5) is 48.0. The molecule has 8 atom stereocenters. The summed E-state index contributed by atoms with van der Waals surface area (Å²) < 4.78 is 33.3. The molecule has 0 aromatic carbocycles. The van der Waals surface area contributed by atoms with E-state index in [1.807, 2.05) is 6.08 Å². The zero-order valence-electron chi connectivity index (χ0n) is 39.2. The highest BCUT2D eigenvalue weighted by Crippen LogP contribution is 2.47. The molecule has 6 N–H and O–H groups in total. The summed E-state index contributed by atoms with van der Waals surface area (Å²) in [5, 5.41) is 50.2. The lowest BCUT2D eigenvalue weighted by atomic mass is 9.85. The Labute approximate surface area is 393 Å². The van der Waals surface area contributed by atoms with Crippen molar-refractivity contribution in [2.75, 3.05) is 13.2 Å². The van der Waals surface area contributed by atoms with Crippen molar-refractivity contribution in [2.24, 2.45) is 0 Å². The second kappa shape index (κ2) is 39.2. The summed E-state index contributed by atoms with van der Waals surface area (Å²) in [5.41, 5.74) is 0. The number of phosphoric ester groups is 1. The number of esters is 2. The van der Waals surface area contributed by atoms with Gasteiger partial charge in [0.1, 0.15) is 43.2 Å². The minimum atomic E-state index is -5.19. The molecule has 0 amide bonds. The van der Waals surface area contributed by atoms with Crippen molar-refractivity contribution in [3.63, 3.8) is 0 Å². The normalized spacial score (nSPS) is 22.2. The van der Waals surface area contributed by atoms with Crippen molar-refractivity contribution in [1.29, 1.82) is 0 Å². The van der Waals surface area contributed by atoms with E-state index in [0.717, 1.165) is 70.6 Å². The van der Waals surface area contributed by atoms with Gasteiger partial charge in [0.2, 0.25) is 0 Å². The maximum Gasteiger partial charge on any atom is 0.472 e. The average molecular weight is 947 g/mol. The first-order valence-electron chi connectivity index (χ1n) is 23.6. The minimum absolute atomic E-state index is 0.000328. The Morgan fingerprint density at radius 3 is 1.56 bits per heavy atom. The van der Waals surface area contributed by atoms with Gasteiger partial charge in [0.05, 0.1) is 6.61 Å². The largest absolute Gasteiger partial charge is 0.472 e. The Bertz CT molecular complexity index is 1630. The van der Waals surface area contributed by atoms with Gasteiger partial charge >= 0.3 is 19.8 Å². The molecular formula is C51H79O14P. The first-order valence-corrected chi connectivity index (χ1v) is 25.1. The Hall–Kier alpha value is -3.82. The maximum absolute atomic E-state index is 12.8. The van der Waals surface area contributed by atoms with E-state index in [1.54, 1.807) is 12.2 Å². The molecule has 0 saturated heterocycles. The van der Waals surface area contributed by atoms with Crippen molar-refractivity contribution in [3.8, 4) is 0 Å². The smallest absolute Gasteiger partial charge is 0.462 e. The molecule has 0 radical (unpaired) electrons. The number of allylic oxidation sites excluding steroid dienone is 18. The van der Waals surface area contributed by atoms with Crippen molar-refractivity contribution < 1.29 is 67.9 Å². The second-order valence-electron chi connectivity index (χ2n) is 15.9. The van der Waals surface area contributed by atoms with Crippen molar-refractivity contribution in [1.82, 2.24) is 0 Å². The van der Waals surface area contributed by atoms with Crippen LogP contribution >= 0.6 is 7.82 Å². The number of rotatable bonds is 37. The lowest BCUT2D eigenvalue weighted by molar-refractivity contribution is -0.220. The number of hydrogen-bond acceptors (Lipinski definition) is 13. The number of ketones is 1. The second-order valence-corrected chi connectivity index (χ2v) is 17.3. The van der Waals surface area contributed by atoms with Gasteiger partial charge in [-0.25, -0.2) is 4.57 Å². The van der Waals surface area contributed by atoms with E-state index in [1.165, 1.54) is 25.3 Å². The molecule has 372 valence electrons. The minimum Gasteiger partial charge on any atom is -0.462 e. The van der Waals surface area contributed by atoms with Crippen molar-refractivity contribution in [2.45, 2.75) is 179 Å². The van der Waals surface area contributed by atoms with Crippen LogP contribution in [0.3, 0.4) is 0 Å². The summed E-state index contributed by atoms with van der Waals surface area (Å²) >= 11 is 0. The van der Waals surface area contributed by atoms with E-state index in [2.05, 4.69) is 98.9 Å².